The number of carboxylic acid groups (broad SMARTS) is 2. The summed E-state index contributed by atoms with van der Waals surface area (Å²) in [7, 11) is 0. The average Bonchev–Trinajstić information content (AvgIpc) is 2.16. The zero-order chi connectivity index (χ0) is 11.6. The van der Waals surface area contributed by atoms with Crippen LogP contribution in [0.4, 0.5) is 0 Å². The molecule has 0 spiro atoms. The van der Waals surface area contributed by atoms with Crippen molar-refractivity contribution < 1.29 is 24.6 Å². The van der Waals surface area contributed by atoms with Gasteiger partial charge in [0.2, 0.25) is 0 Å². The van der Waals surface area contributed by atoms with Crippen LogP contribution in [0.3, 0.4) is 0 Å². The van der Waals surface area contributed by atoms with E-state index in [1.807, 2.05) is 0 Å². The van der Waals surface area contributed by atoms with Crippen molar-refractivity contribution in [1.29, 1.82) is 0 Å². The van der Waals surface area contributed by atoms with E-state index in [1.54, 1.807) is 6.92 Å². The van der Waals surface area contributed by atoms with E-state index in [1.165, 1.54) is 12.1 Å². The number of Topliss-reactive ketones (excluding diaryl/α,β-unsaturated/α-hetero) is 1. The molecule has 5 nitrogen and oxygen atoms in total. The average molecular weight is 208 g/mol. The van der Waals surface area contributed by atoms with Crippen LogP contribution >= 0.6 is 0 Å². The van der Waals surface area contributed by atoms with Gasteiger partial charge in [-0.2, -0.15) is 0 Å². The van der Waals surface area contributed by atoms with Gasteiger partial charge >= 0.3 is 11.9 Å². The second kappa shape index (κ2) is 3.91. The van der Waals surface area contributed by atoms with Gasteiger partial charge in [-0.25, -0.2) is 9.59 Å². The zero-order valence-corrected chi connectivity index (χ0v) is 7.85. The molecule has 0 saturated carbocycles. The smallest absolute Gasteiger partial charge is 0.377 e. The molecule has 0 radical (unpaired) electrons. The maximum absolute atomic E-state index is 11.0. The van der Waals surface area contributed by atoms with Gasteiger partial charge in [0.05, 0.1) is 5.56 Å². The van der Waals surface area contributed by atoms with Crippen molar-refractivity contribution in [2.45, 2.75) is 6.92 Å². The molecule has 0 saturated heterocycles. The lowest BCUT2D eigenvalue weighted by Gasteiger charge is -2.02. The number of aryl methyl sites for hydroxylation is 1. The molecule has 0 amide bonds. The highest BCUT2D eigenvalue weighted by molar-refractivity contribution is 6.40. The van der Waals surface area contributed by atoms with E-state index in [9.17, 15) is 14.4 Å². The molecule has 0 bridgehead atoms. The third-order valence-corrected chi connectivity index (χ3v) is 1.92. The van der Waals surface area contributed by atoms with Gasteiger partial charge in [0, 0.05) is 5.56 Å². The van der Waals surface area contributed by atoms with E-state index in [-0.39, 0.29) is 11.1 Å². The largest absolute Gasteiger partial charge is 0.478 e. The van der Waals surface area contributed by atoms with E-state index < -0.39 is 17.7 Å². The molecule has 5 heteroatoms. The minimum Gasteiger partial charge on any atom is -0.478 e. The summed E-state index contributed by atoms with van der Waals surface area (Å²) in [6.45, 7) is 1.57. The molecule has 0 aliphatic carbocycles. The number of carbonyl (C=O) groups excluding carboxylic acids is 1. The first-order valence-corrected chi connectivity index (χ1v) is 4.05. The van der Waals surface area contributed by atoms with Crippen molar-refractivity contribution in [2.75, 3.05) is 0 Å². The van der Waals surface area contributed by atoms with Crippen LogP contribution < -0.4 is 0 Å². The van der Waals surface area contributed by atoms with E-state index >= 15 is 0 Å². The SMILES string of the molecule is Cc1ccc(C(=O)C(=O)O)cc1C(=O)O. The summed E-state index contributed by atoms with van der Waals surface area (Å²) in [5.74, 6) is -3.90. The van der Waals surface area contributed by atoms with Gasteiger partial charge in [0.25, 0.3) is 5.78 Å². The normalized spacial score (nSPS) is 9.67. The second-order valence-corrected chi connectivity index (χ2v) is 2.97. The van der Waals surface area contributed by atoms with Gasteiger partial charge in [-0.1, -0.05) is 12.1 Å². The van der Waals surface area contributed by atoms with E-state index in [2.05, 4.69) is 0 Å². The van der Waals surface area contributed by atoms with Gasteiger partial charge in [-0.05, 0) is 18.6 Å². The van der Waals surface area contributed by atoms with Crippen molar-refractivity contribution in [3.63, 3.8) is 0 Å². The van der Waals surface area contributed by atoms with Crippen LogP contribution in [0.5, 0.6) is 0 Å². The lowest BCUT2D eigenvalue weighted by atomic mass is 10.0. The molecule has 0 fully saturated rings. The highest BCUT2D eigenvalue weighted by Crippen LogP contribution is 2.11. The monoisotopic (exact) mass is 208 g/mol. The fourth-order valence-corrected chi connectivity index (χ4v) is 1.12. The quantitative estimate of drug-likeness (QED) is 0.570. The number of aliphatic carboxylic acids is 1. The number of carbonyl (C=O) groups is 3. The number of carboxylic acids is 2. The number of ketones is 1. The molecule has 0 aliphatic heterocycles. The molecule has 0 aliphatic rings. The number of benzene rings is 1. The molecule has 0 atom stereocenters. The van der Waals surface area contributed by atoms with Gasteiger partial charge in [0.15, 0.2) is 0 Å². The lowest BCUT2D eigenvalue weighted by molar-refractivity contribution is -0.131. The van der Waals surface area contributed by atoms with Crippen LogP contribution in [-0.4, -0.2) is 27.9 Å². The van der Waals surface area contributed by atoms with Gasteiger partial charge in [-0.15, -0.1) is 0 Å². The van der Waals surface area contributed by atoms with Gasteiger partial charge < -0.3 is 10.2 Å². The Bertz CT molecular complexity index is 447. The standard InChI is InChI=1S/C10H8O5/c1-5-2-3-6(8(11)10(14)15)4-7(5)9(12)13/h2-4H,1H3,(H,12,13)(H,14,15). The van der Waals surface area contributed by atoms with Crippen LogP contribution in [0.25, 0.3) is 0 Å². The predicted octanol–water partition coefficient (Wildman–Crippen LogP) is 0.961. The topological polar surface area (TPSA) is 91.7 Å². The molecule has 1 rings (SSSR count). The van der Waals surface area contributed by atoms with Crippen molar-refractivity contribution in [1.82, 2.24) is 0 Å². The Morgan fingerprint density at radius 2 is 1.73 bits per heavy atom. The molecule has 1 aromatic carbocycles. The first-order valence-electron chi connectivity index (χ1n) is 4.05. The van der Waals surface area contributed by atoms with Crippen molar-refractivity contribution in [3.8, 4) is 0 Å². The molecular formula is C10H8O5. The van der Waals surface area contributed by atoms with Crippen LogP contribution in [-0.2, 0) is 4.79 Å². The highest BCUT2D eigenvalue weighted by Gasteiger charge is 2.17. The minimum absolute atomic E-state index is 0.0675. The van der Waals surface area contributed by atoms with Crippen LogP contribution in [0, 0.1) is 6.92 Å². The van der Waals surface area contributed by atoms with Gasteiger partial charge in [0.1, 0.15) is 0 Å². The minimum atomic E-state index is -1.60. The Morgan fingerprint density at radius 1 is 1.13 bits per heavy atom. The summed E-state index contributed by atoms with van der Waals surface area (Å²) in [4.78, 5) is 32.1. The van der Waals surface area contributed by atoms with Crippen molar-refractivity contribution >= 4 is 17.7 Å². The summed E-state index contributed by atoms with van der Waals surface area (Å²) >= 11 is 0. The van der Waals surface area contributed by atoms with Crippen molar-refractivity contribution in [3.05, 3.63) is 34.9 Å². The molecule has 0 heterocycles. The molecule has 78 valence electrons. The van der Waals surface area contributed by atoms with Crippen LogP contribution in [0.2, 0.25) is 0 Å². The molecule has 15 heavy (non-hydrogen) atoms. The fraction of sp³-hybridized carbons (Fsp3) is 0.100. The van der Waals surface area contributed by atoms with Crippen LogP contribution in [0.15, 0.2) is 18.2 Å². The summed E-state index contributed by atoms with van der Waals surface area (Å²) in [5.41, 5.74) is 0.275. The van der Waals surface area contributed by atoms with E-state index in [0.717, 1.165) is 6.07 Å². The highest BCUT2D eigenvalue weighted by atomic mass is 16.4. The Kier molecular flexibility index (Phi) is 2.85. The first-order chi connectivity index (χ1) is 6.93. The Balaban J connectivity index is 3.25. The first kappa shape index (κ1) is 10.9. The molecule has 0 aromatic heterocycles. The zero-order valence-electron chi connectivity index (χ0n) is 7.85. The van der Waals surface area contributed by atoms with Crippen LogP contribution in [0.1, 0.15) is 26.3 Å². The summed E-state index contributed by atoms with van der Waals surface area (Å²) in [5, 5.41) is 17.2. The lowest BCUT2D eigenvalue weighted by Crippen LogP contribution is -2.14. The summed E-state index contributed by atoms with van der Waals surface area (Å²) < 4.78 is 0. The second-order valence-electron chi connectivity index (χ2n) is 2.97. The molecule has 0 unspecified atom stereocenters. The molecular weight excluding hydrogens is 200 g/mol. The van der Waals surface area contributed by atoms with E-state index in [4.69, 9.17) is 10.2 Å². The van der Waals surface area contributed by atoms with Gasteiger partial charge in [-0.3, -0.25) is 4.79 Å². The Morgan fingerprint density at radius 3 is 2.20 bits per heavy atom. The summed E-state index contributed by atoms with van der Waals surface area (Å²) in [6.07, 6.45) is 0. The number of hydrogen-bond acceptors (Lipinski definition) is 3. The predicted molar refractivity (Wildman–Crippen MR) is 50.1 cm³/mol. The molecule has 2 N–H and O–H groups in total. The fourth-order valence-electron chi connectivity index (χ4n) is 1.12. The van der Waals surface area contributed by atoms with E-state index in [0.29, 0.717) is 5.56 Å². The Labute approximate surface area is 85.0 Å². The number of rotatable bonds is 3. The third-order valence-electron chi connectivity index (χ3n) is 1.92. The number of hydrogen-bond donors (Lipinski definition) is 2. The maximum atomic E-state index is 11.0. The van der Waals surface area contributed by atoms with Crippen molar-refractivity contribution in [2.24, 2.45) is 0 Å². The third kappa shape index (κ3) is 2.19. The Hall–Kier alpha value is -2.17. The number of aromatic carboxylic acids is 1. The maximum Gasteiger partial charge on any atom is 0.377 e. The molecule has 1 aromatic rings. The summed E-state index contributed by atoms with van der Waals surface area (Å²) in [6, 6.07) is 3.76.